The van der Waals surface area contributed by atoms with Crippen LogP contribution in [0.3, 0.4) is 0 Å². The Labute approximate surface area is 268 Å². The smallest absolute Gasteiger partial charge is 0.430 e. The van der Waals surface area contributed by atoms with Gasteiger partial charge >= 0.3 is 18.4 Å². The van der Waals surface area contributed by atoms with Crippen LogP contribution < -0.4 is 0 Å². The lowest BCUT2D eigenvalue weighted by Crippen LogP contribution is -2.56. The monoisotopic (exact) mass is 689 g/mol. The van der Waals surface area contributed by atoms with Crippen LogP contribution in [0.25, 0.3) is 0 Å². The Morgan fingerprint density at radius 3 is 1.81 bits per heavy atom. The summed E-state index contributed by atoms with van der Waals surface area (Å²) < 4.78 is 132. The van der Waals surface area contributed by atoms with Crippen molar-refractivity contribution in [2.24, 2.45) is 0 Å². The van der Waals surface area contributed by atoms with Gasteiger partial charge in [0.1, 0.15) is 10.6 Å². The number of nitrogens with zero attached hydrogens (tertiary/aromatic N) is 1. The van der Waals surface area contributed by atoms with Gasteiger partial charge in [0.15, 0.2) is 9.84 Å². The van der Waals surface area contributed by atoms with Crippen molar-refractivity contribution in [3.8, 4) is 0 Å². The van der Waals surface area contributed by atoms with Gasteiger partial charge in [-0.25, -0.2) is 17.6 Å². The van der Waals surface area contributed by atoms with Gasteiger partial charge in [0.25, 0.3) is 5.60 Å². The van der Waals surface area contributed by atoms with Gasteiger partial charge in [0, 0.05) is 17.1 Å². The highest BCUT2D eigenvalue weighted by Gasteiger charge is 2.73. The van der Waals surface area contributed by atoms with Crippen LogP contribution in [0.1, 0.15) is 63.1 Å². The summed E-state index contributed by atoms with van der Waals surface area (Å²) in [7, 11) is -4.46. The van der Waals surface area contributed by atoms with Gasteiger partial charge in [-0.15, -0.1) is 0 Å². The number of carbonyl (C=O) groups is 1. The van der Waals surface area contributed by atoms with E-state index in [-0.39, 0.29) is 41.7 Å². The molecule has 1 fully saturated rings. The van der Waals surface area contributed by atoms with Crippen molar-refractivity contribution >= 4 is 15.9 Å². The average molecular weight is 690 g/mol. The van der Waals surface area contributed by atoms with Crippen LogP contribution >= 0.6 is 0 Å². The number of hydrogen-bond acceptors (Lipinski definition) is 4. The van der Waals surface area contributed by atoms with E-state index in [9.17, 15) is 49.1 Å². The number of hydrogen-bond donors (Lipinski definition) is 1. The molecular weight excluding hydrogens is 655 g/mol. The van der Waals surface area contributed by atoms with Gasteiger partial charge in [-0.2, -0.15) is 26.3 Å². The first-order valence-electron chi connectivity index (χ1n) is 14.6. The lowest BCUT2D eigenvalue weighted by molar-refractivity contribution is -0.392. The number of rotatable bonds is 8. The summed E-state index contributed by atoms with van der Waals surface area (Å²) in [6, 6.07) is 13.3. The van der Waals surface area contributed by atoms with E-state index in [0.717, 1.165) is 36.4 Å². The van der Waals surface area contributed by atoms with Gasteiger partial charge in [-0.1, -0.05) is 54.6 Å². The average Bonchev–Trinajstić information content (AvgIpc) is 2.96. The van der Waals surface area contributed by atoms with Crippen LogP contribution in [-0.4, -0.2) is 48.5 Å². The van der Waals surface area contributed by atoms with Crippen molar-refractivity contribution in [1.82, 2.24) is 4.90 Å². The molecule has 1 saturated carbocycles. The molecule has 3 aromatic carbocycles. The van der Waals surface area contributed by atoms with E-state index in [1.54, 1.807) is 20.8 Å². The molecule has 4 rings (SSSR count). The topological polar surface area (TPSA) is 83.9 Å². The van der Waals surface area contributed by atoms with Crippen LogP contribution in [0.4, 0.5) is 35.5 Å². The molecule has 0 radical (unpaired) electrons. The second-order valence-corrected chi connectivity index (χ2v) is 14.8. The standard InChI is InChI=1S/C33H34F7NO5S/c1-29(2,3)41(28(42)43)26-17-19-30(20-18-26,47(44,45)27-15-13-25(34)14-16-27)23-9-11-24(12-10-23)31(32(35,36)37,33(38,39)40)46-21-22-7-5-4-6-8-22/h4-16,26H,17-21H2,1-3H3,(H,42,43). The number of halogens is 7. The molecule has 256 valence electrons. The summed E-state index contributed by atoms with van der Waals surface area (Å²) >= 11 is 0. The molecule has 1 N–H and O–H groups in total. The van der Waals surface area contributed by atoms with E-state index in [2.05, 4.69) is 0 Å². The molecule has 0 unspecified atom stereocenters. The summed E-state index contributed by atoms with van der Waals surface area (Å²) in [6.45, 7) is 3.98. The van der Waals surface area contributed by atoms with Crippen LogP contribution in [0.2, 0.25) is 0 Å². The molecule has 0 atom stereocenters. The Morgan fingerprint density at radius 1 is 0.851 bits per heavy atom. The predicted octanol–water partition coefficient (Wildman–Crippen LogP) is 8.75. The molecule has 14 heteroatoms. The fraction of sp³-hybridized carbons (Fsp3) is 0.424. The minimum Gasteiger partial charge on any atom is -0.465 e. The van der Waals surface area contributed by atoms with Crippen molar-refractivity contribution in [3.63, 3.8) is 0 Å². The van der Waals surface area contributed by atoms with E-state index in [1.165, 1.54) is 35.2 Å². The number of amides is 1. The van der Waals surface area contributed by atoms with E-state index < -0.39 is 68.2 Å². The molecule has 47 heavy (non-hydrogen) atoms. The number of ether oxygens (including phenoxy) is 1. The molecule has 0 spiro atoms. The normalized spacial score (nSPS) is 19.7. The highest BCUT2D eigenvalue weighted by atomic mass is 32.2. The van der Waals surface area contributed by atoms with Gasteiger partial charge < -0.3 is 14.7 Å². The number of carboxylic acid groups (broad SMARTS) is 1. The minimum absolute atomic E-state index is 0.0149. The molecule has 0 heterocycles. The second-order valence-electron chi connectivity index (χ2n) is 12.5. The Bertz CT molecular complexity index is 1630. The largest absolute Gasteiger partial charge is 0.465 e. The molecule has 6 nitrogen and oxygen atoms in total. The zero-order chi connectivity index (χ0) is 35.1. The lowest BCUT2D eigenvalue weighted by Gasteiger charge is -2.46. The third-order valence-corrected chi connectivity index (χ3v) is 11.2. The second kappa shape index (κ2) is 12.8. The summed E-state index contributed by atoms with van der Waals surface area (Å²) in [6.07, 6.45) is -13.6. The first-order chi connectivity index (χ1) is 21.7. The van der Waals surface area contributed by atoms with Crippen LogP contribution in [0.15, 0.2) is 83.8 Å². The van der Waals surface area contributed by atoms with Crippen molar-refractivity contribution in [2.75, 3.05) is 0 Å². The Morgan fingerprint density at radius 2 is 1.36 bits per heavy atom. The quantitative estimate of drug-likeness (QED) is 0.189. The SMILES string of the molecule is CC(C)(C)N(C(=O)O)C1CCC(c2ccc(C(OCc3ccccc3)(C(F)(F)F)C(F)(F)F)cc2)(S(=O)(=O)c2ccc(F)cc2)CC1. The molecule has 1 aliphatic rings. The van der Waals surface area contributed by atoms with Gasteiger partial charge in [-0.3, -0.25) is 0 Å². The number of alkyl halides is 6. The summed E-state index contributed by atoms with van der Waals surface area (Å²) in [5.74, 6) is -0.723. The number of benzene rings is 3. The van der Waals surface area contributed by atoms with Crippen LogP contribution in [-0.2, 0) is 31.5 Å². The van der Waals surface area contributed by atoms with Crippen molar-refractivity contribution < 1.29 is 53.8 Å². The summed E-state index contributed by atoms with van der Waals surface area (Å²) in [5.41, 5.74) is -6.93. The first-order valence-corrected chi connectivity index (χ1v) is 16.1. The van der Waals surface area contributed by atoms with E-state index in [1.807, 2.05) is 0 Å². The van der Waals surface area contributed by atoms with E-state index in [0.29, 0.717) is 12.1 Å². The molecule has 1 amide bonds. The maximum Gasteiger partial charge on any atom is 0.430 e. The number of sulfone groups is 1. The van der Waals surface area contributed by atoms with E-state index in [4.69, 9.17) is 4.74 Å². The molecule has 3 aromatic rings. The third-order valence-electron chi connectivity index (χ3n) is 8.61. The maximum absolute atomic E-state index is 14.5. The molecule has 0 aliphatic heterocycles. The zero-order valence-corrected chi connectivity index (χ0v) is 26.5. The predicted molar refractivity (Wildman–Crippen MR) is 159 cm³/mol. The maximum atomic E-state index is 14.5. The molecule has 0 saturated heterocycles. The Hall–Kier alpha value is -3.65. The highest BCUT2D eigenvalue weighted by molar-refractivity contribution is 7.92. The van der Waals surface area contributed by atoms with Gasteiger partial charge in [0.2, 0.25) is 0 Å². The van der Waals surface area contributed by atoms with Gasteiger partial charge in [-0.05, 0) is 81.8 Å². The summed E-state index contributed by atoms with van der Waals surface area (Å²) in [4.78, 5) is 13.0. The van der Waals surface area contributed by atoms with Gasteiger partial charge in [0.05, 0.1) is 11.5 Å². The minimum atomic E-state index is -5.97. The van der Waals surface area contributed by atoms with Crippen molar-refractivity contribution in [1.29, 1.82) is 0 Å². The van der Waals surface area contributed by atoms with Crippen molar-refractivity contribution in [2.45, 2.75) is 92.2 Å². The summed E-state index contributed by atoms with van der Waals surface area (Å²) in [5, 5.41) is 9.90. The van der Waals surface area contributed by atoms with E-state index >= 15 is 0 Å². The molecule has 0 aromatic heterocycles. The lowest BCUT2D eigenvalue weighted by atomic mass is 9.78. The fourth-order valence-corrected chi connectivity index (χ4v) is 8.54. The molecule has 1 aliphatic carbocycles. The van der Waals surface area contributed by atoms with Crippen molar-refractivity contribution in [3.05, 3.63) is 101 Å². The van der Waals surface area contributed by atoms with Crippen LogP contribution in [0.5, 0.6) is 0 Å². The fourth-order valence-electron chi connectivity index (χ4n) is 6.38. The Kier molecular flexibility index (Phi) is 9.82. The first kappa shape index (κ1) is 36.2. The molecule has 0 bridgehead atoms. The third kappa shape index (κ3) is 6.71. The zero-order valence-electron chi connectivity index (χ0n) is 25.7. The van der Waals surface area contributed by atoms with Crippen LogP contribution in [0, 0.1) is 5.82 Å². The molecular formula is C33H34F7NO5S. The Balaban J connectivity index is 1.83. The highest BCUT2D eigenvalue weighted by Crippen LogP contribution is 2.54.